The highest BCUT2D eigenvalue weighted by Gasteiger charge is 2.63. The zero-order valence-electron chi connectivity index (χ0n) is 24.8. The van der Waals surface area contributed by atoms with Crippen LogP contribution in [0.25, 0.3) is 0 Å². The summed E-state index contributed by atoms with van der Waals surface area (Å²) in [4.78, 5) is 25.7. The largest absolute Gasteiger partial charge is 0.508 e. The molecule has 1 aromatic rings. The molecule has 228 valence electrons. The second kappa shape index (κ2) is 11.9. The molecule has 4 rings (SSSR count). The fourth-order valence-electron chi connectivity index (χ4n) is 6.59. The van der Waals surface area contributed by atoms with E-state index in [0.29, 0.717) is 12.8 Å². The minimum absolute atomic E-state index is 0.00783. The molecule has 3 aliphatic rings. The summed E-state index contributed by atoms with van der Waals surface area (Å²) in [7, 11) is 1.64. The van der Waals surface area contributed by atoms with Gasteiger partial charge in [0.15, 0.2) is 0 Å². The minimum Gasteiger partial charge on any atom is -0.508 e. The van der Waals surface area contributed by atoms with Gasteiger partial charge in [-0.3, -0.25) is 4.79 Å². The summed E-state index contributed by atoms with van der Waals surface area (Å²) in [6, 6.07) is 7.00. The third-order valence-corrected chi connectivity index (χ3v) is 8.91. The highest BCUT2D eigenvalue weighted by Crippen LogP contribution is 2.56. The zero-order valence-corrected chi connectivity index (χ0v) is 24.8. The number of methoxy groups -OCH3 is 1. The van der Waals surface area contributed by atoms with Crippen molar-refractivity contribution in [3.8, 4) is 5.75 Å². The summed E-state index contributed by atoms with van der Waals surface area (Å²) in [5.74, 6) is -2.81. The van der Waals surface area contributed by atoms with Crippen molar-refractivity contribution in [2.45, 2.75) is 103 Å². The maximum Gasteiger partial charge on any atom is 0.334 e. The van der Waals surface area contributed by atoms with Crippen LogP contribution < -0.4 is 0 Å². The first kappa shape index (κ1) is 31.3. The van der Waals surface area contributed by atoms with Gasteiger partial charge in [0.05, 0.1) is 37.7 Å². The molecule has 1 aromatic carbocycles. The molecule has 8 atom stereocenters. The number of phenolic OH excluding ortho intramolecular Hbond substituents is 1. The third-order valence-electron chi connectivity index (χ3n) is 8.91. The number of carbonyl (C=O) groups is 2. The van der Waals surface area contributed by atoms with E-state index in [-0.39, 0.29) is 48.7 Å². The summed E-state index contributed by atoms with van der Waals surface area (Å²) < 4.78 is 30.3. The smallest absolute Gasteiger partial charge is 0.334 e. The molecule has 2 fully saturated rings. The van der Waals surface area contributed by atoms with Crippen LogP contribution in [0.15, 0.2) is 36.1 Å². The lowest BCUT2D eigenvalue weighted by molar-refractivity contribution is -0.371. The van der Waals surface area contributed by atoms with Gasteiger partial charge in [-0.25, -0.2) is 4.79 Å². The Labute approximate surface area is 241 Å². The number of phenols is 1. The number of hydrogen-bond donors (Lipinski definition) is 3. The summed E-state index contributed by atoms with van der Waals surface area (Å²) >= 11 is 0. The molecule has 0 amide bonds. The number of aliphatic hydroxyl groups excluding tert-OH is 1. The SMILES string of the molecule is CO[C@@H](CC[C@@H](C)[C@H]1O[C@@]23CC(OC(=O)C[C@H](CO)OC(=O)/C=C(\O2)[C@@](C)(O)CC3(C)C)[C@@H]1C)c1cccc(O)c1. The van der Waals surface area contributed by atoms with E-state index in [9.17, 15) is 24.9 Å². The molecule has 1 unspecified atom stereocenters. The van der Waals surface area contributed by atoms with Crippen molar-refractivity contribution in [2.75, 3.05) is 13.7 Å². The molecule has 3 aliphatic heterocycles. The molecule has 41 heavy (non-hydrogen) atoms. The van der Waals surface area contributed by atoms with Crippen molar-refractivity contribution >= 4 is 11.9 Å². The molecule has 10 heteroatoms. The number of ether oxygens (including phenoxy) is 5. The molecule has 0 radical (unpaired) electrons. The van der Waals surface area contributed by atoms with Crippen LogP contribution in [0.5, 0.6) is 5.75 Å². The highest BCUT2D eigenvalue weighted by molar-refractivity contribution is 5.83. The van der Waals surface area contributed by atoms with E-state index in [4.69, 9.17) is 23.7 Å². The number of esters is 2. The van der Waals surface area contributed by atoms with Gasteiger partial charge < -0.3 is 39.0 Å². The molecule has 2 saturated heterocycles. The highest BCUT2D eigenvalue weighted by atomic mass is 16.7. The minimum atomic E-state index is -1.49. The van der Waals surface area contributed by atoms with Gasteiger partial charge in [0.2, 0.25) is 5.79 Å². The lowest BCUT2D eigenvalue weighted by atomic mass is 9.66. The van der Waals surface area contributed by atoms with Gasteiger partial charge in [0, 0.05) is 18.4 Å². The molecule has 10 nitrogen and oxygen atoms in total. The Hall–Kier alpha value is -2.66. The predicted octanol–water partition coefficient (Wildman–Crippen LogP) is 3.92. The van der Waals surface area contributed by atoms with E-state index in [1.54, 1.807) is 32.2 Å². The van der Waals surface area contributed by atoms with E-state index >= 15 is 0 Å². The Bertz CT molecular complexity index is 1140. The molecular weight excluding hydrogens is 532 g/mol. The first-order valence-corrected chi connectivity index (χ1v) is 14.3. The zero-order chi connectivity index (χ0) is 30.2. The van der Waals surface area contributed by atoms with Gasteiger partial charge >= 0.3 is 11.9 Å². The maximum absolute atomic E-state index is 13.0. The van der Waals surface area contributed by atoms with E-state index in [2.05, 4.69) is 6.92 Å². The van der Waals surface area contributed by atoms with Crippen LogP contribution in [0.4, 0.5) is 0 Å². The van der Waals surface area contributed by atoms with Gasteiger partial charge in [-0.15, -0.1) is 0 Å². The average molecular weight is 577 g/mol. The monoisotopic (exact) mass is 576 g/mol. The fraction of sp³-hybridized carbons (Fsp3) is 0.677. The van der Waals surface area contributed by atoms with Gasteiger partial charge in [-0.05, 0) is 49.8 Å². The van der Waals surface area contributed by atoms with Crippen LogP contribution in [-0.2, 0) is 33.3 Å². The van der Waals surface area contributed by atoms with Gasteiger partial charge in [-0.2, -0.15) is 0 Å². The number of rotatable bonds is 7. The second-order valence-electron chi connectivity index (χ2n) is 12.7. The van der Waals surface area contributed by atoms with Crippen molar-refractivity contribution in [3.05, 3.63) is 41.7 Å². The van der Waals surface area contributed by atoms with E-state index in [0.717, 1.165) is 11.6 Å². The number of cyclic esters (lactones) is 1. The molecule has 3 heterocycles. The van der Waals surface area contributed by atoms with Crippen molar-refractivity contribution < 1.29 is 48.6 Å². The Kier molecular flexibility index (Phi) is 9.09. The Morgan fingerprint density at radius 1 is 1.15 bits per heavy atom. The lowest BCUT2D eigenvalue weighted by Gasteiger charge is -2.59. The number of hydrogen-bond acceptors (Lipinski definition) is 10. The summed E-state index contributed by atoms with van der Waals surface area (Å²) in [6.07, 6.45) is 0.212. The fourth-order valence-corrected chi connectivity index (χ4v) is 6.59. The van der Waals surface area contributed by atoms with Crippen LogP contribution in [0, 0.1) is 17.3 Å². The number of carbonyl (C=O) groups excluding carboxylic acids is 2. The van der Waals surface area contributed by atoms with Crippen molar-refractivity contribution in [1.82, 2.24) is 0 Å². The molecule has 0 saturated carbocycles. The molecular formula is C31H44O10. The van der Waals surface area contributed by atoms with Crippen LogP contribution in [0.3, 0.4) is 0 Å². The topological polar surface area (TPSA) is 141 Å². The molecule has 3 bridgehead atoms. The van der Waals surface area contributed by atoms with Crippen LogP contribution in [-0.4, -0.2) is 70.7 Å². The normalized spacial score (nSPS) is 36.2. The standard InChI is InChI=1S/C31H44O10/c1-18(10-11-23(37-6)20-8-7-9-21(33)12-20)28-19(2)24-15-31(41-28)29(3,4)17-30(5,36)25(40-31)14-27(35)38-22(16-32)13-26(34)39-24/h7-9,12,14,18-19,22-24,28,32-33,36H,10-11,13,15-17H2,1-6H3/b25-14-/t18-,19+,22-,23+,24?,28-,30+,31-/m1/s1. The van der Waals surface area contributed by atoms with Gasteiger partial charge in [-0.1, -0.05) is 39.8 Å². The van der Waals surface area contributed by atoms with Crippen molar-refractivity contribution in [2.24, 2.45) is 17.3 Å². The quantitative estimate of drug-likeness (QED) is 0.409. The number of aliphatic hydroxyl groups is 2. The first-order valence-electron chi connectivity index (χ1n) is 14.3. The average Bonchev–Trinajstić information content (AvgIpc) is 2.88. The number of benzene rings is 1. The summed E-state index contributed by atoms with van der Waals surface area (Å²) in [5, 5.41) is 31.0. The second-order valence-corrected chi connectivity index (χ2v) is 12.7. The molecule has 0 aromatic heterocycles. The van der Waals surface area contributed by atoms with Gasteiger partial charge in [0.1, 0.15) is 29.3 Å². The van der Waals surface area contributed by atoms with E-state index in [1.165, 1.54) is 0 Å². The van der Waals surface area contributed by atoms with Gasteiger partial charge in [0.25, 0.3) is 0 Å². The van der Waals surface area contributed by atoms with Crippen LogP contribution >= 0.6 is 0 Å². The number of aromatic hydroxyl groups is 1. The van der Waals surface area contributed by atoms with Crippen LogP contribution in [0.2, 0.25) is 0 Å². The maximum atomic E-state index is 13.0. The van der Waals surface area contributed by atoms with E-state index < -0.39 is 53.7 Å². The molecule has 3 N–H and O–H groups in total. The lowest BCUT2D eigenvalue weighted by Crippen LogP contribution is -2.65. The van der Waals surface area contributed by atoms with Crippen molar-refractivity contribution in [1.29, 1.82) is 0 Å². The molecule has 0 aliphatic carbocycles. The Morgan fingerprint density at radius 3 is 2.54 bits per heavy atom. The van der Waals surface area contributed by atoms with Crippen molar-refractivity contribution in [3.63, 3.8) is 0 Å². The number of fused-ring (bicyclic) bond motifs is 2. The molecule has 1 spiro atoms. The summed E-state index contributed by atoms with van der Waals surface area (Å²) in [6.45, 7) is 8.94. The first-order chi connectivity index (χ1) is 19.2. The van der Waals surface area contributed by atoms with Crippen LogP contribution in [0.1, 0.15) is 78.4 Å². The van der Waals surface area contributed by atoms with E-state index in [1.807, 2.05) is 26.8 Å². The Morgan fingerprint density at radius 2 is 1.88 bits per heavy atom. The third kappa shape index (κ3) is 6.56. The Balaban J connectivity index is 1.67. The predicted molar refractivity (Wildman–Crippen MR) is 147 cm³/mol. The summed E-state index contributed by atoms with van der Waals surface area (Å²) in [5.41, 5.74) is -1.36.